The molecule has 1 rings (SSSR count). The Bertz CT molecular complexity index is 333. The topological polar surface area (TPSA) is 57.5 Å². The van der Waals surface area contributed by atoms with Gasteiger partial charge in [-0.15, -0.1) is 0 Å². The number of rotatable bonds is 5. The van der Waals surface area contributed by atoms with Crippen LogP contribution in [-0.4, -0.2) is 16.2 Å². The SMILES string of the molecule is CCC[C@@H](CC(=O)O)c1cccc(O)c1. The molecule has 0 radical (unpaired) electrons. The Hall–Kier alpha value is -1.51. The van der Waals surface area contributed by atoms with Gasteiger partial charge in [-0.25, -0.2) is 0 Å². The van der Waals surface area contributed by atoms with Gasteiger partial charge in [-0.1, -0.05) is 25.5 Å². The standard InChI is InChI=1S/C12H16O3/c1-2-4-9(8-12(14)15)10-5-3-6-11(13)7-10/h3,5-7,9,13H,2,4,8H2,1H3,(H,14,15)/t9-/m0/s1. The number of benzene rings is 1. The van der Waals surface area contributed by atoms with E-state index in [0.29, 0.717) is 0 Å². The Labute approximate surface area is 89.4 Å². The van der Waals surface area contributed by atoms with Crippen LogP contribution in [0.4, 0.5) is 0 Å². The molecule has 0 aromatic heterocycles. The lowest BCUT2D eigenvalue weighted by molar-refractivity contribution is -0.137. The lowest BCUT2D eigenvalue weighted by Crippen LogP contribution is -2.06. The maximum atomic E-state index is 10.7. The summed E-state index contributed by atoms with van der Waals surface area (Å²) in [4.78, 5) is 10.7. The predicted octanol–water partition coefficient (Wildman–Crippen LogP) is 2.75. The molecule has 1 aromatic carbocycles. The summed E-state index contributed by atoms with van der Waals surface area (Å²) >= 11 is 0. The maximum absolute atomic E-state index is 10.7. The number of carboxylic acid groups (broad SMARTS) is 1. The Balaban J connectivity index is 2.83. The molecule has 1 aromatic rings. The third-order valence-electron chi connectivity index (χ3n) is 2.40. The molecule has 0 saturated heterocycles. The van der Waals surface area contributed by atoms with Crippen molar-refractivity contribution in [1.29, 1.82) is 0 Å². The molecule has 3 nitrogen and oxygen atoms in total. The zero-order valence-corrected chi connectivity index (χ0v) is 8.81. The van der Waals surface area contributed by atoms with Gasteiger partial charge in [-0.3, -0.25) is 4.79 Å². The summed E-state index contributed by atoms with van der Waals surface area (Å²) in [6.07, 6.45) is 1.89. The van der Waals surface area contributed by atoms with Gasteiger partial charge in [0.1, 0.15) is 5.75 Å². The molecule has 0 amide bonds. The molecule has 0 spiro atoms. The van der Waals surface area contributed by atoms with Crippen molar-refractivity contribution in [2.75, 3.05) is 0 Å². The minimum atomic E-state index is -0.795. The van der Waals surface area contributed by atoms with E-state index in [0.717, 1.165) is 18.4 Å². The van der Waals surface area contributed by atoms with Crippen LogP contribution < -0.4 is 0 Å². The maximum Gasteiger partial charge on any atom is 0.303 e. The summed E-state index contributed by atoms with van der Waals surface area (Å²) in [5, 5.41) is 18.1. The predicted molar refractivity (Wildman–Crippen MR) is 58.0 cm³/mol. The first-order valence-corrected chi connectivity index (χ1v) is 5.14. The van der Waals surface area contributed by atoms with E-state index in [9.17, 15) is 9.90 Å². The molecule has 2 N–H and O–H groups in total. The quantitative estimate of drug-likeness (QED) is 0.782. The van der Waals surface area contributed by atoms with Gasteiger partial charge in [0.05, 0.1) is 6.42 Å². The number of carboxylic acids is 1. The molecule has 15 heavy (non-hydrogen) atoms. The summed E-state index contributed by atoms with van der Waals surface area (Å²) in [7, 11) is 0. The Morgan fingerprint density at radius 2 is 2.20 bits per heavy atom. The number of phenols is 1. The fraction of sp³-hybridized carbons (Fsp3) is 0.417. The van der Waals surface area contributed by atoms with E-state index < -0.39 is 5.97 Å². The minimum absolute atomic E-state index is 0.000370. The third kappa shape index (κ3) is 3.62. The Morgan fingerprint density at radius 3 is 2.73 bits per heavy atom. The van der Waals surface area contributed by atoms with Gasteiger partial charge >= 0.3 is 5.97 Å². The Kier molecular flexibility index (Phi) is 4.16. The van der Waals surface area contributed by atoms with Crippen LogP contribution in [0, 0.1) is 0 Å². The highest BCUT2D eigenvalue weighted by molar-refractivity contribution is 5.68. The van der Waals surface area contributed by atoms with Crippen molar-refractivity contribution < 1.29 is 15.0 Å². The van der Waals surface area contributed by atoms with Crippen molar-refractivity contribution in [3.05, 3.63) is 29.8 Å². The van der Waals surface area contributed by atoms with E-state index in [4.69, 9.17) is 5.11 Å². The van der Waals surface area contributed by atoms with Crippen LogP contribution in [0.1, 0.15) is 37.7 Å². The summed E-state index contributed by atoms with van der Waals surface area (Å²) < 4.78 is 0. The molecule has 0 bridgehead atoms. The Morgan fingerprint density at radius 1 is 1.47 bits per heavy atom. The van der Waals surface area contributed by atoms with Crippen molar-refractivity contribution >= 4 is 5.97 Å². The highest BCUT2D eigenvalue weighted by atomic mass is 16.4. The van der Waals surface area contributed by atoms with E-state index in [1.54, 1.807) is 18.2 Å². The number of aromatic hydroxyl groups is 1. The smallest absolute Gasteiger partial charge is 0.303 e. The van der Waals surface area contributed by atoms with Gasteiger partial charge in [0.25, 0.3) is 0 Å². The minimum Gasteiger partial charge on any atom is -0.508 e. The van der Waals surface area contributed by atoms with E-state index in [-0.39, 0.29) is 18.1 Å². The van der Waals surface area contributed by atoms with Crippen LogP contribution >= 0.6 is 0 Å². The first kappa shape index (κ1) is 11.6. The number of hydrogen-bond donors (Lipinski definition) is 2. The highest BCUT2D eigenvalue weighted by Gasteiger charge is 2.14. The molecule has 0 heterocycles. The number of hydrogen-bond acceptors (Lipinski definition) is 2. The molecule has 0 unspecified atom stereocenters. The molecule has 0 saturated carbocycles. The second kappa shape index (κ2) is 5.39. The number of carbonyl (C=O) groups is 1. The van der Waals surface area contributed by atoms with Crippen LogP contribution in [0.15, 0.2) is 24.3 Å². The average molecular weight is 208 g/mol. The van der Waals surface area contributed by atoms with E-state index in [2.05, 4.69) is 0 Å². The van der Waals surface area contributed by atoms with Gasteiger partial charge in [0.15, 0.2) is 0 Å². The molecule has 3 heteroatoms. The van der Waals surface area contributed by atoms with Gasteiger partial charge < -0.3 is 10.2 Å². The lowest BCUT2D eigenvalue weighted by atomic mass is 9.91. The van der Waals surface area contributed by atoms with Gasteiger partial charge in [-0.2, -0.15) is 0 Å². The van der Waals surface area contributed by atoms with Crippen LogP contribution in [0.5, 0.6) is 5.75 Å². The van der Waals surface area contributed by atoms with Crippen molar-refractivity contribution in [1.82, 2.24) is 0 Å². The van der Waals surface area contributed by atoms with Gasteiger partial charge in [-0.05, 0) is 30.0 Å². The molecular weight excluding hydrogens is 192 g/mol. The molecule has 82 valence electrons. The summed E-state index contributed by atoms with van der Waals surface area (Å²) in [5.74, 6) is -0.601. The first-order valence-electron chi connectivity index (χ1n) is 5.14. The molecular formula is C12H16O3. The summed E-state index contributed by atoms with van der Waals surface area (Å²) in [6.45, 7) is 2.03. The van der Waals surface area contributed by atoms with Crippen molar-refractivity contribution in [2.45, 2.75) is 32.1 Å². The molecule has 0 fully saturated rings. The zero-order valence-electron chi connectivity index (χ0n) is 8.81. The van der Waals surface area contributed by atoms with E-state index in [1.165, 1.54) is 0 Å². The summed E-state index contributed by atoms with van der Waals surface area (Å²) in [6, 6.07) is 6.84. The fourth-order valence-corrected chi connectivity index (χ4v) is 1.72. The van der Waals surface area contributed by atoms with Gasteiger partial charge in [0, 0.05) is 0 Å². The molecule has 0 aliphatic carbocycles. The van der Waals surface area contributed by atoms with Crippen LogP contribution in [0.3, 0.4) is 0 Å². The normalized spacial score (nSPS) is 12.3. The largest absolute Gasteiger partial charge is 0.508 e. The monoisotopic (exact) mass is 208 g/mol. The second-order valence-corrected chi connectivity index (χ2v) is 3.68. The number of aliphatic carboxylic acids is 1. The van der Waals surface area contributed by atoms with E-state index in [1.807, 2.05) is 13.0 Å². The summed E-state index contributed by atoms with van der Waals surface area (Å²) in [5.41, 5.74) is 0.902. The van der Waals surface area contributed by atoms with Gasteiger partial charge in [0.2, 0.25) is 0 Å². The molecule has 0 aliphatic rings. The van der Waals surface area contributed by atoms with Crippen molar-refractivity contribution in [2.24, 2.45) is 0 Å². The van der Waals surface area contributed by atoms with Crippen LogP contribution in [0.2, 0.25) is 0 Å². The lowest BCUT2D eigenvalue weighted by Gasteiger charge is -2.14. The van der Waals surface area contributed by atoms with Crippen LogP contribution in [0.25, 0.3) is 0 Å². The fourth-order valence-electron chi connectivity index (χ4n) is 1.72. The first-order chi connectivity index (χ1) is 7.13. The van der Waals surface area contributed by atoms with Crippen molar-refractivity contribution in [3.8, 4) is 5.75 Å². The van der Waals surface area contributed by atoms with E-state index >= 15 is 0 Å². The number of phenolic OH excluding ortho intramolecular Hbond substituents is 1. The average Bonchev–Trinajstić information content (AvgIpc) is 2.16. The zero-order chi connectivity index (χ0) is 11.3. The molecule has 1 atom stereocenters. The third-order valence-corrected chi connectivity index (χ3v) is 2.40. The second-order valence-electron chi connectivity index (χ2n) is 3.68. The molecule has 0 aliphatic heterocycles. The highest BCUT2D eigenvalue weighted by Crippen LogP contribution is 2.27. The van der Waals surface area contributed by atoms with Crippen LogP contribution in [-0.2, 0) is 4.79 Å². The van der Waals surface area contributed by atoms with Crippen molar-refractivity contribution in [3.63, 3.8) is 0 Å².